The van der Waals surface area contributed by atoms with E-state index < -0.39 is 5.60 Å². The fraction of sp³-hybridized carbons (Fsp3) is 0.857. The minimum absolute atomic E-state index is 0.103. The minimum Gasteiger partial charge on any atom is -0.390 e. The lowest BCUT2D eigenvalue weighted by Crippen LogP contribution is -2.29. The minimum atomic E-state index is -0.632. The van der Waals surface area contributed by atoms with E-state index in [0.29, 0.717) is 13.0 Å². The van der Waals surface area contributed by atoms with Crippen LogP contribution in [0.1, 0.15) is 54.4 Å². The van der Waals surface area contributed by atoms with Gasteiger partial charge in [-0.25, -0.2) is 0 Å². The van der Waals surface area contributed by atoms with Crippen molar-refractivity contribution in [3.05, 3.63) is 11.0 Å². The Bertz CT molecular complexity index is 235. The third-order valence-corrected chi connectivity index (χ3v) is 3.43. The molecule has 0 amide bonds. The first-order valence-electron chi connectivity index (χ1n) is 6.24. The summed E-state index contributed by atoms with van der Waals surface area (Å²) in [4.78, 5) is 0. The number of allylic oxidation sites excluding steroid dienone is 1. The van der Waals surface area contributed by atoms with E-state index in [1.165, 1.54) is 5.57 Å². The van der Waals surface area contributed by atoms with Crippen LogP contribution in [0.15, 0.2) is 11.0 Å². The zero-order valence-corrected chi connectivity index (χ0v) is 13.0. The second-order valence-electron chi connectivity index (χ2n) is 5.99. The van der Waals surface area contributed by atoms with Gasteiger partial charge in [-0.05, 0) is 59.8 Å². The van der Waals surface area contributed by atoms with Crippen LogP contribution < -0.4 is 0 Å². The van der Waals surface area contributed by atoms with E-state index in [0.717, 1.165) is 12.2 Å². The molecule has 2 nitrogen and oxygen atoms in total. The average molecular weight is 260 g/mol. The molecule has 0 spiro atoms. The van der Waals surface area contributed by atoms with Crippen molar-refractivity contribution < 1.29 is 9.84 Å². The van der Waals surface area contributed by atoms with E-state index in [-0.39, 0.29) is 5.60 Å². The summed E-state index contributed by atoms with van der Waals surface area (Å²) in [5, 5.41) is 11.8. The summed E-state index contributed by atoms with van der Waals surface area (Å²) in [6.45, 7) is 12.7. The Labute approximate surface area is 111 Å². The molecule has 0 radical (unpaired) electrons. The maximum absolute atomic E-state index is 9.60. The van der Waals surface area contributed by atoms with Crippen molar-refractivity contribution in [1.29, 1.82) is 0 Å². The summed E-state index contributed by atoms with van der Waals surface area (Å²) in [6, 6.07) is 0. The molecule has 0 saturated carbocycles. The highest BCUT2D eigenvalue weighted by Crippen LogP contribution is 2.20. The summed E-state index contributed by atoms with van der Waals surface area (Å²) in [5.74, 6) is 1.07. The highest BCUT2D eigenvalue weighted by Gasteiger charge is 2.20. The van der Waals surface area contributed by atoms with Gasteiger partial charge in [0.05, 0.1) is 17.8 Å². The molecule has 3 heteroatoms. The van der Waals surface area contributed by atoms with E-state index >= 15 is 0 Å². The largest absolute Gasteiger partial charge is 0.390 e. The molecule has 0 bridgehead atoms. The molecular weight excluding hydrogens is 232 g/mol. The molecule has 0 aliphatic heterocycles. The van der Waals surface area contributed by atoms with Gasteiger partial charge in [-0.1, -0.05) is 5.57 Å². The van der Waals surface area contributed by atoms with Crippen LogP contribution in [0, 0.1) is 0 Å². The standard InChI is InChI=1S/C14H28O2S/c1-12(2)11-17-10-8-14(5,6)16-9-7-13(3,4)15/h11,15H,7-10H2,1-6H3. The van der Waals surface area contributed by atoms with E-state index in [1.54, 1.807) is 0 Å². The maximum atomic E-state index is 9.60. The molecule has 0 unspecified atom stereocenters. The predicted molar refractivity (Wildman–Crippen MR) is 77.5 cm³/mol. The van der Waals surface area contributed by atoms with Crippen LogP contribution in [-0.4, -0.2) is 28.7 Å². The molecular formula is C14H28O2S. The van der Waals surface area contributed by atoms with Crippen LogP contribution >= 0.6 is 11.8 Å². The van der Waals surface area contributed by atoms with Crippen LogP contribution in [0.25, 0.3) is 0 Å². The monoisotopic (exact) mass is 260 g/mol. The zero-order valence-electron chi connectivity index (χ0n) is 12.2. The number of rotatable bonds is 8. The summed E-state index contributed by atoms with van der Waals surface area (Å²) in [5.41, 5.74) is 0.608. The van der Waals surface area contributed by atoms with Crippen LogP contribution in [0.2, 0.25) is 0 Å². The van der Waals surface area contributed by atoms with Crippen molar-refractivity contribution in [2.75, 3.05) is 12.4 Å². The van der Waals surface area contributed by atoms with E-state index in [9.17, 15) is 5.11 Å². The smallest absolute Gasteiger partial charge is 0.0634 e. The van der Waals surface area contributed by atoms with Gasteiger partial charge in [0, 0.05) is 5.75 Å². The zero-order chi connectivity index (χ0) is 13.5. The van der Waals surface area contributed by atoms with Crippen molar-refractivity contribution in [2.45, 2.75) is 65.6 Å². The summed E-state index contributed by atoms with van der Waals surface area (Å²) >= 11 is 1.84. The van der Waals surface area contributed by atoms with E-state index in [1.807, 2.05) is 25.6 Å². The molecule has 0 aliphatic carbocycles. The normalized spacial score (nSPS) is 12.6. The molecule has 0 atom stereocenters. The Morgan fingerprint density at radius 2 is 1.76 bits per heavy atom. The van der Waals surface area contributed by atoms with Crippen molar-refractivity contribution >= 4 is 11.8 Å². The Morgan fingerprint density at radius 3 is 2.24 bits per heavy atom. The molecule has 0 aromatic rings. The number of aliphatic hydroxyl groups is 1. The van der Waals surface area contributed by atoms with Gasteiger partial charge in [0.25, 0.3) is 0 Å². The number of ether oxygens (including phenoxy) is 1. The molecule has 1 N–H and O–H groups in total. The molecule has 0 saturated heterocycles. The summed E-state index contributed by atoms with van der Waals surface area (Å²) in [7, 11) is 0. The Balaban J connectivity index is 3.76. The molecule has 0 aliphatic rings. The topological polar surface area (TPSA) is 29.5 Å². The van der Waals surface area contributed by atoms with Crippen LogP contribution in [0.4, 0.5) is 0 Å². The van der Waals surface area contributed by atoms with Gasteiger partial charge >= 0.3 is 0 Å². The maximum Gasteiger partial charge on any atom is 0.0634 e. The molecule has 0 heterocycles. The van der Waals surface area contributed by atoms with E-state index in [2.05, 4.69) is 33.1 Å². The van der Waals surface area contributed by atoms with Gasteiger partial charge in [-0.3, -0.25) is 0 Å². The average Bonchev–Trinajstić information content (AvgIpc) is 2.09. The Morgan fingerprint density at radius 1 is 1.18 bits per heavy atom. The lowest BCUT2D eigenvalue weighted by atomic mass is 10.0. The van der Waals surface area contributed by atoms with Gasteiger partial charge in [-0.2, -0.15) is 0 Å². The summed E-state index contributed by atoms with van der Waals surface area (Å²) < 4.78 is 5.82. The Kier molecular flexibility index (Phi) is 7.45. The van der Waals surface area contributed by atoms with Crippen LogP contribution in [0.3, 0.4) is 0 Å². The number of hydrogen-bond donors (Lipinski definition) is 1. The molecule has 102 valence electrons. The first-order valence-corrected chi connectivity index (χ1v) is 7.29. The molecule has 0 fully saturated rings. The molecule has 17 heavy (non-hydrogen) atoms. The lowest BCUT2D eigenvalue weighted by molar-refractivity contribution is -0.0468. The van der Waals surface area contributed by atoms with E-state index in [4.69, 9.17) is 4.74 Å². The molecule has 0 rings (SSSR count). The molecule has 0 aromatic carbocycles. The summed E-state index contributed by atoms with van der Waals surface area (Å²) in [6.07, 6.45) is 1.70. The predicted octanol–water partition coefficient (Wildman–Crippen LogP) is 3.99. The van der Waals surface area contributed by atoms with Crippen molar-refractivity contribution in [3.63, 3.8) is 0 Å². The lowest BCUT2D eigenvalue weighted by Gasteiger charge is -2.27. The van der Waals surface area contributed by atoms with Gasteiger partial charge in [0.2, 0.25) is 0 Å². The number of thioether (sulfide) groups is 1. The third kappa shape index (κ3) is 12.3. The van der Waals surface area contributed by atoms with Crippen LogP contribution in [-0.2, 0) is 4.74 Å². The van der Waals surface area contributed by atoms with Gasteiger partial charge in [-0.15, -0.1) is 11.8 Å². The quantitative estimate of drug-likeness (QED) is 0.669. The SMILES string of the molecule is CC(C)=CSCCC(C)(C)OCCC(C)(C)O. The number of hydrogen-bond acceptors (Lipinski definition) is 3. The fourth-order valence-corrected chi connectivity index (χ4v) is 2.24. The highest BCUT2D eigenvalue weighted by molar-refractivity contribution is 8.02. The highest BCUT2D eigenvalue weighted by atomic mass is 32.2. The second kappa shape index (κ2) is 7.45. The van der Waals surface area contributed by atoms with Crippen molar-refractivity contribution in [1.82, 2.24) is 0 Å². The first-order chi connectivity index (χ1) is 7.62. The second-order valence-corrected chi connectivity index (χ2v) is 6.96. The Hall–Kier alpha value is 0.01000. The van der Waals surface area contributed by atoms with Crippen LogP contribution in [0.5, 0.6) is 0 Å². The van der Waals surface area contributed by atoms with Crippen molar-refractivity contribution in [2.24, 2.45) is 0 Å². The van der Waals surface area contributed by atoms with Gasteiger partial charge in [0.1, 0.15) is 0 Å². The van der Waals surface area contributed by atoms with Gasteiger partial charge in [0.15, 0.2) is 0 Å². The first kappa shape index (κ1) is 17.0. The molecule has 0 aromatic heterocycles. The van der Waals surface area contributed by atoms with Gasteiger partial charge < -0.3 is 9.84 Å². The van der Waals surface area contributed by atoms with Crippen molar-refractivity contribution in [3.8, 4) is 0 Å². The fourth-order valence-electron chi connectivity index (χ4n) is 1.18. The third-order valence-electron chi connectivity index (χ3n) is 2.35.